The minimum atomic E-state index is 0.126. The Kier molecular flexibility index (Phi) is 4.18. The van der Waals surface area contributed by atoms with Crippen LogP contribution >= 0.6 is 0 Å². The van der Waals surface area contributed by atoms with Crippen molar-refractivity contribution in [3.63, 3.8) is 0 Å². The zero-order valence-corrected chi connectivity index (χ0v) is 13.0. The highest BCUT2D eigenvalue weighted by molar-refractivity contribution is 5.50. The smallest absolute Gasteiger partial charge is 0.130 e. The van der Waals surface area contributed by atoms with Crippen LogP contribution in [0, 0.1) is 13.8 Å². The van der Waals surface area contributed by atoms with Crippen LogP contribution in [0.25, 0.3) is 0 Å². The van der Waals surface area contributed by atoms with Crippen LogP contribution in [-0.2, 0) is 20.0 Å². The highest BCUT2D eigenvalue weighted by atomic mass is 16.3. The van der Waals surface area contributed by atoms with Crippen molar-refractivity contribution in [1.82, 2.24) is 9.78 Å². The van der Waals surface area contributed by atoms with Gasteiger partial charge in [-0.15, -0.1) is 0 Å². The van der Waals surface area contributed by atoms with Gasteiger partial charge in [0.15, 0.2) is 0 Å². The second-order valence-corrected chi connectivity index (χ2v) is 5.55. The molecule has 2 N–H and O–H groups in total. The fraction of sp³-hybridized carbons (Fsp3) is 0.533. The summed E-state index contributed by atoms with van der Waals surface area (Å²) >= 11 is 0. The molecular formula is C15H24N4O. The molecule has 0 saturated carbocycles. The van der Waals surface area contributed by atoms with Crippen molar-refractivity contribution in [2.75, 3.05) is 11.9 Å². The molecule has 2 aromatic heterocycles. The van der Waals surface area contributed by atoms with E-state index in [-0.39, 0.29) is 6.04 Å². The van der Waals surface area contributed by atoms with E-state index in [1.165, 1.54) is 11.1 Å². The Hall–Kier alpha value is -1.75. The van der Waals surface area contributed by atoms with Gasteiger partial charge in [-0.1, -0.05) is 0 Å². The van der Waals surface area contributed by atoms with Crippen LogP contribution in [0.1, 0.15) is 29.5 Å². The lowest BCUT2D eigenvalue weighted by Gasteiger charge is -2.21. The van der Waals surface area contributed by atoms with Crippen LogP contribution in [0.2, 0.25) is 0 Å². The van der Waals surface area contributed by atoms with Gasteiger partial charge in [-0.05, 0) is 33.3 Å². The van der Waals surface area contributed by atoms with Gasteiger partial charge < -0.3 is 15.1 Å². The number of nitrogens with zero attached hydrogens (tertiary/aromatic N) is 3. The van der Waals surface area contributed by atoms with E-state index in [0.29, 0.717) is 0 Å². The molecule has 0 amide bonds. The topological polar surface area (TPSA) is 60.2 Å². The number of furan rings is 1. The standard InChI is InChI=1S/C15H24N4O/c1-10(16)8-14-11(2)17-19(5)15(14)18(4)9-13-6-7-20-12(13)3/h6-7,10H,8-9,16H2,1-5H3. The van der Waals surface area contributed by atoms with Gasteiger partial charge in [0.05, 0.1) is 12.0 Å². The molecule has 0 spiro atoms. The molecule has 0 aliphatic rings. The Balaban J connectivity index is 2.29. The number of rotatable bonds is 5. The highest BCUT2D eigenvalue weighted by Crippen LogP contribution is 2.25. The predicted octanol–water partition coefficient (Wildman–Crippen LogP) is 2.16. The van der Waals surface area contributed by atoms with E-state index in [9.17, 15) is 0 Å². The van der Waals surface area contributed by atoms with Crippen LogP contribution < -0.4 is 10.6 Å². The SMILES string of the molecule is Cc1nn(C)c(N(C)Cc2ccoc2C)c1CC(C)N. The summed E-state index contributed by atoms with van der Waals surface area (Å²) in [4.78, 5) is 2.20. The van der Waals surface area contributed by atoms with Gasteiger partial charge in [-0.25, -0.2) is 0 Å². The Morgan fingerprint density at radius 2 is 2.15 bits per heavy atom. The van der Waals surface area contributed by atoms with Crippen LogP contribution in [0.4, 0.5) is 5.82 Å². The summed E-state index contributed by atoms with van der Waals surface area (Å²) in [6.45, 7) is 6.85. The van der Waals surface area contributed by atoms with Gasteiger partial charge in [0.25, 0.3) is 0 Å². The van der Waals surface area contributed by atoms with Crippen LogP contribution in [-0.4, -0.2) is 22.9 Å². The maximum Gasteiger partial charge on any atom is 0.130 e. The van der Waals surface area contributed by atoms with Crippen molar-refractivity contribution in [3.05, 3.63) is 34.9 Å². The minimum absolute atomic E-state index is 0.126. The Morgan fingerprint density at radius 3 is 2.70 bits per heavy atom. The Bertz CT molecular complexity index is 583. The van der Waals surface area contributed by atoms with Crippen LogP contribution in [0.15, 0.2) is 16.7 Å². The fourth-order valence-corrected chi connectivity index (χ4v) is 2.63. The first-order valence-corrected chi connectivity index (χ1v) is 6.92. The monoisotopic (exact) mass is 276 g/mol. The van der Waals surface area contributed by atoms with Crippen LogP contribution in [0.3, 0.4) is 0 Å². The van der Waals surface area contributed by atoms with Crippen molar-refractivity contribution in [3.8, 4) is 0 Å². The maximum absolute atomic E-state index is 5.96. The molecule has 0 bridgehead atoms. The third kappa shape index (κ3) is 2.88. The van der Waals surface area contributed by atoms with Crippen molar-refractivity contribution in [2.24, 2.45) is 12.8 Å². The predicted molar refractivity (Wildman–Crippen MR) is 80.9 cm³/mol. The van der Waals surface area contributed by atoms with Crippen molar-refractivity contribution >= 4 is 5.82 Å². The summed E-state index contributed by atoms with van der Waals surface area (Å²) in [5.74, 6) is 2.09. The van der Waals surface area contributed by atoms with Gasteiger partial charge in [-0.3, -0.25) is 4.68 Å². The van der Waals surface area contributed by atoms with Gasteiger partial charge >= 0.3 is 0 Å². The molecule has 0 saturated heterocycles. The quantitative estimate of drug-likeness (QED) is 0.909. The summed E-state index contributed by atoms with van der Waals surface area (Å²) in [7, 11) is 4.05. The van der Waals surface area contributed by atoms with E-state index in [2.05, 4.69) is 17.0 Å². The molecule has 5 nitrogen and oxygen atoms in total. The number of nitrogens with two attached hydrogens (primary N) is 1. The zero-order chi connectivity index (χ0) is 14.9. The summed E-state index contributed by atoms with van der Waals surface area (Å²) in [6, 6.07) is 2.14. The first-order valence-electron chi connectivity index (χ1n) is 6.92. The van der Waals surface area contributed by atoms with E-state index in [4.69, 9.17) is 10.2 Å². The summed E-state index contributed by atoms with van der Waals surface area (Å²) in [5, 5.41) is 4.53. The molecule has 20 heavy (non-hydrogen) atoms. The molecule has 0 fully saturated rings. The zero-order valence-electron chi connectivity index (χ0n) is 13.0. The van der Waals surface area contributed by atoms with E-state index < -0.39 is 0 Å². The highest BCUT2D eigenvalue weighted by Gasteiger charge is 2.18. The van der Waals surface area contributed by atoms with E-state index in [1.807, 2.05) is 38.6 Å². The molecule has 5 heteroatoms. The lowest BCUT2D eigenvalue weighted by Crippen LogP contribution is -2.23. The van der Waals surface area contributed by atoms with Gasteiger partial charge in [-0.2, -0.15) is 5.10 Å². The molecular weight excluding hydrogens is 252 g/mol. The van der Waals surface area contributed by atoms with E-state index >= 15 is 0 Å². The Labute approximate surface area is 120 Å². The largest absolute Gasteiger partial charge is 0.469 e. The van der Waals surface area contributed by atoms with E-state index in [1.54, 1.807) is 6.26 Å². The van der Waals surface area contributed by atoms with Gasteiger partial charge in [0.1, 0.15) is 11.6 Å². The molecule has 1 atom stereocenters. The fourth-order valence-electron chi connectivity index (χ4n) is 2.63. The third-order valence-electron chi connectivity index (χ3n) is 3.57. The molecule has 2 aromatic rings. The first kappa shape index (κ1) is 14.7. The summed E-state index contributed by atoms with van der Waals surface area (Å²) in [6.07, 6.45) is 2.57. The van der Waals surface area contributed by atoms with Crippen molar-refractivity contribution in [1.29, 1.82) is 0 Å². The summed E-state index contributed by atoms with van der Waals surface area (Å²) in [5.41, 5.74) is 9.43. The number of hydrogen-bond acceptors (Lipinski definition) is 4. The molecule has 0 aliphatic carbocycles. The van der Waals surface area contributed by atoms with Crippen molar-refractivity contribution < 1.29 is 4.42 Å². The molecule has 1 unspecified atom stereocenters. The Morgan fingerprint density at radius 1 is 1.45 bits per heavy atom. The van der Waals surface area contributed by atoms with Gasteiger partial charge in [0, 0.05) is 37.8 Å². The lowest BCUT2D eigenvalue weighted by molar-refractivity contribution is 0.529. The normalized spacial score (nSPS) is 12.7. The van der Waals surface area contributed by atoms with Gasteiger partial charge in [0.2, 0.25) is 0 Å². The molecule has 110 valence electrons. The second-order valence-electron chi connectivity index (χ2n) is 5.55. The number of aromatic nitrogens is 2. The minimum Gasteiger partial charge on any atom is -0.469 e. The molecule has 2 heterocycles. The second kappa shape index (κ2) is 5.71. The average molecular weight is 276 g/mol. The third-order valence-corrected chi connectivity index (χ3v) is 3.57. The number of anilines is 1. The van der Waals surface area contributed by atoms with Crippen LogP contribution in [0.5, 0.6) is 0 Å². The van der Waals surface area contributed by atoms with E-state index in [0.717, 1.165) is 30.2 Å². The molecule has 0 aromatic carbocycles. The average Bonchev–Trinajstić information content (AvgIpc) is 2.84. The van der Waals surface area contributed by atoms with Crippen molar-refractivity contribution in [2.45, 2.75) is 39.8 Å². The maximum atomic E-state index is 5.96. The number of aryl methyl sites for hydroxylation is 3. The summed E-state index contributed by atoms with van der Waals surface area (Å²) < 4.78 is 7.30. The number of hydrogen-bond donors (Lipinski definition) is 1. The lowest BCUT2D eigenvalue weighted by atomic mass is 10.1. The molecule has 2 rings (SSSR count). The molecule has 0 radical (unpaired) electrons. The first-order chi connectivity index (χ1) is 9.40. The molecule has 0 aliphatic heterocycles.